The van der Waals surface area contributed by atoms with Crippen molar-refractivity contribution in [1.29, 1.82) is 0 Å². The third-order valence-corrected chi connectivity index (χ3v) is 2.95. The van der Waals surface area contributed by atoms with E-state index in [1.165, 1.54) is 12.8 Å². The zero-order chi connectivity index (χ0) is 11.4. The quantitative estimate of drug-likeness (QED) is 0.845. The van der Waals surface area contributed by atoms with Crippen molar-refractivity contribution in [2.24, 2.45) is 11.8 Å². The maximum atomic E-state index is 11.4. The Morgan fingerprint density at radius 3 is 2.75 bits per heavy atom. The van der Waals surface area contributed by atoms with Crippen LogP contribution in [0.5, 0.6) is 5.75 Å². The Kier molecular flexibility index (Phi) is 3.44. The molecule has 0 aliphatic heterocycles. The van der Waals surface area contributed by atoms with Gasteiger partial charge in [0.15, 0.2) is 0 Å². The van der Waals surface area contributed by atoms with Crippen LogP contribution in [0.25, 0.3) is 0 Å². The monoisotopic (exact) mass is 219 g/mol. The van der Waals surface area contributed by atoms with E-state index < -0.39 is 0 Å². The van der Waals surface area contributed by atoms with Crippen LogP contribution in [-0.2, 0) is 0 Å². The predicted molar refractivity (Wildman–Crippen MR) is 62.4 cm³/mol. The summed E-state index contributed by atoms with van der Waals surface area (Å²) in [7, 11) is 0. The average Bonchev–Trinajstić information content (AvgIpc) is 3.11. The Labute approximate surface area is 95.8 Å². The van der Waals surface area contributed by atoms with Crippen LogP contribution < -0.4 is 10.1 Å². The van der Waals surface area contributed by atoms with E-state index in [4.69, 9.17) is 4.74 Å². The number of rotatable bonds is 4. The van der Waals surface area contributed by atoms with Gasteiger partial charge in [0.25, 0.3) is 0 Å². The van der Waals surface area contributed by atoms with Crippen molar-refractivity contribution in [3.8, 4) is 5.75 Å². The number of carbonyl (C=O) groups is 1. The van der Waals surface area contributed by atoms with Crippen molar-refractivity contribution in [2.45, 2.75) is 19.8 Å². The smallest absolute Gasteiger partial charge is 0.410 e. The normalized spacial score (nSPS) is 16.6. The summed E-state index contributed by atoms with van der Waals surface area (Å²) in [6, 6.07) is 9.11. The predicted octanol–water partition coefficient (Wildman–Crippen LogP) is 2.82. The highest BCUT2D eigenvalue weighted by Gasteiger charge is 2.27. The maximum Gasteiger partial charge on any atom is 0.412 e. The summed E-state index contributed by atoms with van der Waals surface area (Å²) in [5, 5.41) is 2.79. The standard InChI is InChI=1S/C13H17NO2/c1-10(11-7-8-11)9-14-13(15)16-12-5-3-2-4-6-12/h2-6,10-11H,7-9H2,1H3,(H,14,15). The third-order valence-electron chi connectivity index (χ3n) is 2.95. The molecule has 1 saturated carbocycles. The van der Waals surface area contributed by atoms with Gasteiger partial charge in [0.1, 0.15) is 5.75 Å². The summed E-state index contributed by atoms with van der Waals surface area (Å²) in [4.78, 5) is 11.4. The molecule has 1 aliphatic rings. The topological polar surface area (TPSA) is 38.3 Å². The molecule has 86 valence electrons. The van der Waals surface area contributed by atoms with Crippen molar-refractivity contribution < 1.29 is 9.53 Å². The van der Waals surface area contributed by atoms with Crippen molar-refractivity contribution in [3.63, 3.8) is 0 Å². The Balaban J connectivity index is 1.72. The number of amides is 1. The summed E-state index contributed by atoms with van der Waals surface area (Å²) in [6.45, 7) is 2.87. The highest BCUT2D eigenvalue weighted by molar-refractivity contribution is 5.70. The van der Waals surface area contributed by atoms with E-state index in [1.807, 2.05) is 18.2 Å². The average molecular weight is 219 g/mol. The van der Waals surface area contributed by atoms with Crippen LogP contribution in [0.15, 0.2) is 30.3 Å². The molecule has 1 aliphatic carbocycles. The molecule has 0 bridgehead atoms. The number of hydrogen-bond acceptors (Lipinski definition) is 2. The van der Waals surface area contributed by atoms with Crippen LogP contribution >= 0.6 is 0 Å². The number of ether oxygens (including phenoxy) is 1. The first-order valence-electron chi connectivity index (χ1n) is 5.76. The fraction of sp³-hybridized carbons (Fsp3) is 0.462. The summed E-state index contributed by atoms with van der Waals surface area (Å²) >= 11 is 0. The van der Waals surface area contributed by atoms with E-state index in [-0.39, 0.29) is 6.09 Å². The first kappa shape index (κ1) is 11.0. The van der Waals surface area contributed by atoms with E-state index in [0.717, 1.165) is 5.92 Å². The second-order valence-electron chi connectivity index (χ2n) is 4.40. The molecule has 1 amide bonds. The lowest BCUT2D eigenvalue weighted by Crippen LogP contribution is -2.31. The van der Waals surface area contributed by atoms with Gasteiger partial charge in [-0.25, -0.2) is 4.79 Å². The van der Waals surface area contributed by atoms with E-state index in [9.17, 15) is 4.79 Å². The van der Waals surface area contributed by atoms with Gasteiger partial charge >= 0.3 is 6.09 Å². The largest absolute Gasteiger partial charge is 0.412 e. The molecule has 1 N–H and O–H groups in total. The molecule has 1 aromatic rings. The highest BCUT2D eigenvalue weighted by Crippen LogP contribution is 2.36. The summed E-state index contributed by atoms with van der Waals surface area (Å²) in [5.41, 5.74) is 0. The van der Waals surface area contributed by atoms with Gasteiger partial charge in [-0.1, -0.05) is 25.1 Å². The molecule has 2 rings (SSSR count). The molecule has 0 aromatic heterocycles. The van der Waals surface area contributed by atoms with Crippen LogP contribution in [0.2, 0.25) is 0 Å². The van der Waals surface area contributed by atoms with Crippen LogP contribution in [0.4, 0.5) is 4.79 Å². The van der Waals surface area contributed by atoms with Gasteiger partial charge < -0.3 is 10.1 Å². The Morgan fingerprint density at radius 2 is 2.12 bits per heavy atom. The zero-order valence-electron chi connectivity index (χ0n) is 9.48. The molecule has 0 saturated heterocycles. The van der Waals surface area contributed by atoms with Gasteiger partial charge in [-0.15, -0.1) is 0 Å². The van der Waals surface area contributed by atoms with Gasteiger partial charge in [-0.05, 0) is 36.8 Å². The minimum atomic E-state index is -0.362. The third kappa shape index (κ3) is 3.26. The molecule has 1 atom stereocenters. The molecule has 0 heterocycles. The maximum absolute atomic E-state index is 11.4. The molecular formula is C13H17NO2. The lowest BCUT2D eigenvalue weighted by molar-refractivity contribution is 0.198. The summed E-state index contributed by atoms with van der Waals surface area (Å²) < 4.78 is 5.11. The van der Waals surface area contributed by atoms with Crippen molar-refractivity contribution in [2.75, 3.05) is 6.54 Å². The molecule has 3 heteroatoms. The Hall–Kier alpha value is -1.51. The second-order valence-corrected chi connectivity index (χ2v) is 4.40. The molecule has 0 radical (unpaired) electrons. The number of hydrogen-bond donors (Lipinski definition) is 1. The van der Waals surface area contributed by atoms with Gasteiger partial charge in [0.2, 0.25) is 0 Å². The molecule has 0 spiro atoms. The van der Waals surface area contributed by atoms with Crippen LogP contribution in [0, 0.1) is 11.8 Å². The van der Waals surface area contributed by atoms with Crippen LogP contribution in [0.3, 0.4) is 0 Å². The molecule has 3 nitrogen and oxygen atoms in total. The van der Waals surface area contributed by atoms with Gasteiger partial charge in [0, 0.05) is 6.54 Å². The Morgan fingerprint density at radius 1 is 1.44 bits per heavy atom. The SMILES string of the molecule is CC(CNC(=O)Oc1ccccc1)C1CC1. The number of benzene rings is 1. The molecule has 1 aromatic carbocycles. The van der Waals surface area contributed by atoms with Crippen molar-refractivity contribution in [3.05, 3.63) is 30.3 Å². The fourth-order valence-electron chi connectivity index (χ4n) is 1.71. The van der Waals surface area contributed by atoms with E-state index >= 15 is 0 Å². The first-order chi connectivity index (χ1) is 7.75. The highest BCUT2D eigenvalue weighted by atomic mass is 16.5. The molecular weight excluding hydrogens is 202 g/mol. The number of para-hydroxylation sites is 1. The van der Waals surface area contributed by atoms with Crippen molar-refractivity contribution >= 4 is 6.09 Å². The molecule has 1 fully saturated rings. The lowest BCUT2D eigenvalue weighted by atomic mass is 10.1. The lowest BCUT2D eigenvalue weighted by Gasteiger charge is -2.11. The Bertz CT molecular complexity index is 346. The van der Waals surface area contributed by atoms with Gasteiger partial charge in [-0.3, -0.25) is 0 Å². The minimum absolute atomic E-state index is 0.362. The van der Waals surface area contributed by atoms with Gasteiger partial charge in [0.05, 0.1) is 0 Å². The summed E-state index contributed by atoms with van der Waals surface area (Å²) in [5.74, 6) is 1.94. The molecule has 16 heavy (non-hydrogen) atoms. The van der Waals surface area contributed by atoms with Crippen LogP contribution in [-0.4, -0.2) is 12.6 Å². The zero-order valence-corrected chi connectivity index (χ0v) is 9.48. The van der Waals surface area contributed by atoms with Crippen molar-refractivity contribution in [1.82, 2.24) is 5.32 Å². The minimum Gasteiger partial charge on any atom is -0.410 e. The number of carbonyl (C=O) groups excluding carboxylic acids is 1. The van der Waals surface area contributed by atoms with E-state index in [0.29, 0.717) is 18.2 Å². The number of nitrogens with one attached hydrogen (secondary N) is 1. The fourth-order valence-corrected chi connectivity index (χ4v) is 1.71. The first-order valence-corrected chi connectivity index (χ1v) is 5.76. The van der Waals surface area contributed by atoms with E-state index in [2.05, 4.69) is 12.2 Å². The second kappa shape index (κ2) is 5.01. The van der Waals surface area contributed by atoms with Crippen LogP contribution in [0.1, 0.15) is 19.8 Å². The molecule has 1 unspecified atom stereocenters. The van der Waals surface area contributed by atoms with E-state index in [1.54, 1.807) is 12.1 Å². The van der Waals surface area contributed by atoms with Gasteiger partial charge in [-0.2, -0.15) is 0 Å². The summed E-state index contributed by atoms with van der Waals surface area (Å²) in [6.07, 6.45) is 2.24.